The van der Waals surface area contributed by atoms with E-state index in [1.165, 1.54) is 0 Å². The monoisotopic (exact) mass is 225 g/mol. The molecular weight excluding hydrogens is 210 g/mol. The molecule has 1 fully saturated rings. The first kappa shape index (κ1) is 11.1. The summed E-state index contributed by atoms with van der Waals surface area (Å²) in [5, 5.41) is 6.87. The van der Waals surface area contributed by atoms with Crippen molar-refractivity contribution >= 4 is 5.97 Å². The molecule has 1 N–H and O–H groups in total. The van der Waals surface area contributed by atoms with Gasteiger partial charge in [-0.1, -0.05) is 0 Å². The van der Waals surface area contributed by atoms with Crippen molar-refractivity contribution in [3.63, 3.8) is 0 Å². The van der Waals surface area contributed by atoms with Crippen LogP contribution in [0.25, 0.3) is 0 Å². The molecule has 2 heterocycles. The van der Waals surface area contributed by atoms with Gasteiger partial charge in [-0.2, -0.15) is 4.98 Å². The minimum atomic E-state index is -0.527. The normalized spacial score (nSPS) is 20.7. The van der Waals surface area contributed by atoms with Crippen LogP contribution in [-0.2, 0) is 4.74 Å². The van der Waals surface area contributed by atoms with Crippen LogP contribution in [0.2, 0.25) is 0 Å². The third-order valence-corrected chi connectivity index (χ3v) is 2.55. The first-order chi connectivity index (χ1) is 7.81. The van der Waals surface area contributed by atoms with Gasteiger partial charge in [0.2, 0.25) is 5.89 Å². The van der Waals surface area contributed by atoms with E-state index in [1.807, 2.05) is 0 Å². The Morgan fingerprint density at radius 2 is 2.56 bits per heavy atom. The number of piperidine rings is 1. The molecule has 0 saturated carbocycles. The van der Waals surface area contributed by atoms with Crippen LogP contribution >= 0.6 is 0 Å². The van der Waals surface area contributed by atoms with Gasteiger partial charge in [0.15, 0.2) is 0 Å². The molecule has 2 rings (SSSR count). The van der Waals surface area contributed by atoms with Crippen LogP contribution in [0, 0.1) is 0 Å². The summed E-state index contributed by atoms with van der Waals surface area (Å²) >= 11 is 0. The molecule has 0 aromatic carbocycles. The average Bonchev–Trinajstić information content (AvgIpc) is 2.80. The highest BCUT2D eigenvalue weighted by atomic mass is 16.5. The Hall–Kier alpha value is -1.43. The highest BCUT2D eigenvalue weighted by Gasteiger charge is 2.23. The van der Waals surface area contributed by atoms with E-state index in [0.717, 1.165) is 25.9 Å². The second-order valence-corrected chi connectivity index (χ2v) is 3.72. The lowest BCUT2D eigenvalue weighted by Crippen LogP contribution is -2.28. The third-order valence-electron chi connectivity index (χ3n) is 2.55. The molecular formula is C10H15N3O3. The summed E-state index contributed by atoms with van der Waals surface area (Å²) in [6.07, 6.45) is 2.10. The predicted molar refractivity (Wildman–Crippen MR) is 55.1 cm³/mol. The molecule has 1 atom stereocenters. The van der Waals surface area contributed by atoms with Crippen LogP contribution < -0.4 is 5.32 Å². The Bertz CT molecular complexity index is 358. The van der Waals surface area contributed by atoms with Gasteiger partial charge in [-0.15, -0.1) is 0 Å². The minimum Gasteiger partial charge on any atom is -0.460 e. The fourth-order valence-electron chi connectivity index (χ4n) is 1.74. The molecule has 1 aliphatic rings. The predicted octanol–water partition coefficient (Wildman–Crippen LogP) is 0.713. The first-order valence-corrected chi connectivity index (χ1v) is 5.52. The summed E-state index contributed by atoms with van der Waals surface area (Å²) in [5.41, 5.74) is 0. The van der Waals surface area contributed by atoms with Gasteiger partial charge >= 0.3 is 5.97 Å². The largest absolute Gasteiger partial charge is 0.460 e. The highest BCUT2D eigenvalue weighted by molar-refractivity contribution is 5.84. The zero-order valence-corrected chi connectivity index (χ0v) is 9.23. The molecule has 1 aromatic heterocycles. The molecule has 1 unspecified atom stereocenters. The molecule has 6 heteroatoms. The molecule has 1 aliphatic heterocycles. The molecule has 0 spiro atoms. The SMILES string of the molecule is CCOC(=O)c1noc(C2CCCNC2)n1. The van der Waals surface area contributed by atoms with E-state index in [1.54, 1.807) is 6.92 Å². The molecule has 6 nitrogen and oxygen atoms in total. The number of aromatic nitrogens is 2. The lowest BCUT2D eigenvalue weighted by atomic mass is 10.00. The van der Waals surface area contributed by atoms with Crippen LogP contribution in [-0.4, -0.2) is 35.8 Å². The van der Waals surface area contributed by atoms with Crippen LogP contribution in [0.15, 0.2) is 4.52 Å². The van der Waals surface area contributed by atoms with E-state index in [0.29, 0.717) is 12.5 Å². The maximum Gasteiger partial charge on any atom is 0.379 e. The summed E-state index contributed by atoms with van der Waals surface area (Å²) < 4.78 is 9.86. The zero-order chi connectivity index (χ0) is 11.4. The van der Waals surface area contributed by atoms with Gasteiger partial charge in [0.05, 0.1) is 12.5 Å². The van der Waals surface area contributed by atoms with Gasteiger partial charge in [0.25, 0.3) is 5.82 Å². The maximum atomic E-state index is 11.3. The number of esters is 1. The van der Waals surface area contributed by atoms with Crippen molar-refractivity contribution < 1.29 is 14.1 Å². The highest BCUT2D eigenvalue weighted by Crippen LogP contribution is 2.21. The third kappa shape index (κ3) is 2.38. The minimum absolute atomic E-state index is 0.0161. The molecule has 1 aromatic rings. The van der Waals surface area contributed by atoms with Crippen LogP contribution in [0.5, 0.6) is 0 Å². The number of ether oxygens (including phenoxy) is 1. The number of carbonyl (C=O) groups excluding carboxylic acids is 1. The molecule has 88 valence electrons. The average molecular weight is 225 g/mol. The van der Waals surface area contributed by atoms with Gasteiger partial charge in [-0.25, -0.2) is 4.79 Å². The lowest BCUT2D eigenvalue weighted by Gasteiger charge is -2.18. The van der Waals surface area contributed by atoms with Crippen molar-refractivity contribution in [2.45, 2.75) is 25.7 Å². The van der Waals surface area contributed by atoms with Crippen molar-refractivity contribution in [1.82, 2.24) is 15.5 Å². The molecule has 0 amide bonds. The summed E-state index contributed by atoms with van der Waals surface area (Å²) in [4.78, 5) is 15.4. The number of hydrogen-bond donors (Lipinski definition) is 1. The number of hydrogen-bond acceptors (Lipinski definition) is 6. The number of carbonyl (C=O) groups is 1. The van der Waals surface area contributed by atoms with E-state index in [-0.39, 0.29) is 11.7 Å². The fourth-order valence-corrected chi connectivity index (χ4v) is 1.74. The Kier molecular flexibility index (Phi) is 3.51. The van der Waals surface area contributed by atoms with Gasteiger partial charge < -0.3 is 14.6 Å². The zero-order valence-electron chi connectivity index (χ0n) is 9.23. The second kappa shape index (κ2) is 5.07. The number of nitrogens with one attached hydrogen (secondary N) is 1. The van der Waals surface area contributed by atoms with Gasteiger partial charge in [-0.3, -0.25) is 0 Å². The summed E-state index contributed by atoms with van der Waals surface area (Å²) in [6.45, 7) is 3.90. The van der Waals surface area contributed by atoms with E-state index in [9.17, 15) is 4.79 Å². The quantitative estimate of drug-likeness (QED) is 0.763. The Labute approximate surface area is 93.4 Å². The van der Waals surface area contributed by atoms with Crippen molar-refractivity contribution in [3.8, 4) is 0 Å². The summed E-state index contributed by atoms with van der Waals surface area (Å²) in [6, 6.07) is 0. The van der Waals surface area contributed by atoms with E-state index < -0.39 is 5.97 Å². The number of nitrogens with zero attached hydrogens (tertiary/aromatic N) is 2. The molecule has 0 bridgehead atoms. The summed E-state index contributed by atoms with van der Waals surface area (Å²) in [5.74, 6) is 0.225. The number of rotatable bonds is 3. The second-order valence-electron chi connectivity index (χ2n) is 3.72. The lowest BCUT2D eigenvalue weighted by molar-refractivity contribution is 0.0508. The Morgan fingerprint density at radius 1 is 1.69 bits per heavy atom. The Morgan fingerprint density at radius 3 is 3.25 bits per heavy atom. The van der Waals surface area contributed by atoms with Crippen LogP contribution in [0.1, 0.15) is 42.2 Å². The van der Waals surface area contributed by atoms with Crippen molar-refractivity contribution in [2.75, 3.05) is 19.7 Å². The van der Waals surface area contributed by atoms with Crippen molar-refractivity contribution in [2.24, 2.45) is 0 Å². The van der Waals surface area contributed by atoms with Gasteiger partial charge in [0.1, 0.15) is 0 Å². The fraction of sp³-hybridized carbons (Fsp3) is 0.700. The van der Waals surface area contributed by atoms with Crippen molar-refractivity contribution in [3.05, 3.63) is 11.7 Å². The van der Waals surface area contributed by atoms with E-state index in [4.69, 9.17) is 9.26 Å². The standard InChI is InChI=1S/C10H15N3O3/c1-2-15-10(14)8-12-9(16-13-8)7-4-3-5-11-6-7/h7,11H,2-6H2,1H3. The first-order valence-electron chi connectivity index (χ1n) is 5.52. The van der Waals surface area contributed by atoms with Gasteiger partial charge in [0, 0.05) is 6.54 Å². The smallest absolute Gasteiger partial charge is 0.379 e. The molecule has 1 saturated heterocycles. The topological polar surface area (TPSA) is 77.2 Å². The van der Waals surface area contributed by atoms with Gasteiger partial charge in [-0.05, 0) is 31.5 Å². The van der Waals surface area contributed by atoms with E-state index in [2.05, 4.69) is 15.5 Å². The Balaban J connectivity index is 2.03. The summed E-state index contributed by atoms with van der Waals surface area (Å²) in [7, 11) is 0. The maximum absolute atomic E-state index is 11.3. The molecule has 16 heavy (non-hydrogen) atoms. The molecule has 0 radical (unpaired) electrons. The molecule has 0 aliphatic carbocycles. The van der Waals surface area contributed by atoms with Crippen molar-refractivity contribution in [1.29, 1.82) is 0 Å². The van der Waals surface area contributed by atoms with Crippen LogP contribution in [0.4, 0.5) is 0 Å². The van der Waals surface area contributed by atoms with E-state index >= 15 is 0 Å². The van der Waals surface area contributed by atoms with Crippen LogP contribution in [0.3, 0.4) is 0 Å².